The first kappa shape index (κ1) is 11.4. The molecule has 1 N–H and O–H groups in total. The summed E-state index contributed by atoms with van der Waals surface area (Å²) in [6.07, 6.45) is 2.20. The van der Waals surface area contributed by atoms with E-state index in [1.807, 2.05) is 12.1 Å². The maximum absolute atomic E-state index is 13.3. The lowest BCUT2D eigenvalue weighted by atomic mass is 10.0. The summed E-state index contributed by atoms with van der Waals surface area (Å²) >= 11 is 0. The first-order chi connectivity index (χ1) is 7.75. The van der Waals surface area contributed by atoms with Crippen molar-refractivity contribution in [3.63, 3.8) is 0 Å². The van der Waals surface area contributed by atoms with Crippen LogP contribution >= 0.6 is 0 Å². The van der Waals surface area contributed by atoms with Crippen LogP contribution in [0, 0.1) is 18.7 Å². The first-order valence-corrected chi connectivity index (χ1v) is 5.83. The number of anilines is 1. The molecule has 0 atom stereocenters. The number of ether oxygens (including phenoxy) is 1. The molecule has 0 unspecified atom stereocenters. The molecule has 1 aromatic rings. The van der Waals surface area contributed by atoms with Crippen molar-refractivity contribution < 1.29 is 9.13 Å². The number of aryl methyl sites for hydroxylation is 1. The van der Waals surface area contributed by atoms with Crippen LogP contribution < -0.4 is 5.32 Å². The number of rotatable bonds is 3. The minimum Gasteiger partial charge on any atom is -0.385 e. The molecule has 0 amide bonds. The van der Waals surface area contributed by atoms with Crippen molar-refractivity contribution in [3.8, 4) is 0 Å². The van der Waals surface area contributed by atoms with E-state index in [0.29, 0.717) is 11.5 Å². The minimum atomic E-state index is -0.142. The van der Waals surface area contributed by atoms with E-state index in [-0.39, 0.29) is 5.82 Å². The quantitative estimate of drug-likeness (QED) is 0.850. The molecule has 1 aliphatic rings. The van der Waals surface area contributed by atoms with Gasteiger partial charge in [-0.25, -0.2) is 4.39 Å². The van der Waals surface area contributed by atoms with E-state index < -0.39 is 0 Å². The zero-order valence-electron chi connectivity index (χ0n) is 9.63. The van der Waals surface area contributed by atoms with Crippen LogP contribution in [0.25, 0.3) is 0 Å². The lowest BCUT2D eigenvalue weighted by Crippen LogP contribution is -2.22. The summed E-state index contributed by atoms with van der Waals surface area (Å²) in [7, 11) is 0. The van der Waals surface area contributed by atoms with Gasteiger partial charge in [-0.05, 0) is 43.4 Å². The Labute approximate surface area is 95.8 Å². The zero-order valence-corrected chi connectivity index (χ0v) is 9.63. The highest BCUT2D eigenvalue weighted by molar-refractivity contribution is 5.45. The van der Waals surface area contributed by atoms with E-state index in [9.17, 15) is 4.39 Å². The average molecular weight is 223 g/mol. The van der Waals surface area contributed by atoms with Crippen molar-refractivity contribution in [2.24, 2.45) is 5.92 Å². The summed E-state index contributed by atoms with van der Waals surface area (Å²) in [4.78, 5) is 0. The first-order valence-electron chi connectivity index (χ1n) is 5.83. The van der Waals surface area contributed by atoms with Crippen LogP contribution in [0.5, 0.6) is 0 Å². The highest BCUT2D eigenvalue weighted by atomic mass is 19.1. The Morgan fingerprint density at radius 2 is 2.12 bits per heavy atom. The molecule has 0 radical (unpaired) electrons. The fourth-order valence-electron chi connectivity index (χ4n) is 1.92. The van der Waals surface area contributed by atoms with Gasteiger partial charge in [0.25, 0.3) is 0 Å². The molecular formula is C13H18FNO. The Kier molecular flexibility index (Phi) is 3.78. The van der Waals surface area contributed by atoms with Gasteiger partial charge in [-0.15, -0.1) is 0 Å². The van der Waals surface area contributed by atoms with Gasteiger partial charge in [0.1, 0.15) is 5.82 Å². The minimum absolute atomic E-state index is 0.142. The number of hydrogen-bond donors (Lipinski definition) is 1. The smallest absolute Gasteiger partial charge is 0.128 e. The average Bonchev–Trinajstić information content (AvgIpc) is 2.32. The Balaban J connectivity index is 1.86. The van der Waals surface area contributed by atoms with Crippen molar-refractivity contribution in [3.05, 3.63) is 29.6 Å². The van der Waals surface area contributed by atoms with Crippen LogP contribution in [-0.2, 0) is 4.74 Å². The van der Waals surface area contributed by atoms with Gasteiger partial charge in [0, 0.05) is 25.4 Å². The molecule has 1 saturated heterocycles. The molecule has 0 saturated carbocycles. The maximum Gasteiger partial charge on any atom is 0.128 e. The molecule has 3 heteroatoms. The van der Waals surface area contributed by atoms with Gasteiger partial charge >= 0.3 is 0 Å². The number of halogens is 1. The van der Waals surface area contributed by atoms with Crippen LogP contribution in [0.4, 0.5) is 10.1 Å². The summed E-state index contributed by atoms with van der Waals surface area (Å²) in [5.41, 5.74) is 1.56. The Bertz CT molecular complexity index is 348. The molecule has 1 aliphatic heterocycles. The van der Waals surface area contributed by atoms with Crippen LogP contribution in [-0.4, -0.2) is 19.8 Å². The third-order valence-corrected chi connectivity index (χ3v) is 3.11. The standard InChI is InChI=1S/C13H18FNO/c1-10-2-3-12(8-13(10)14)15-9-11-4-6-16-7-5-11/h2-3,8,11,15H,4-7,9H2,1H3. The highest BCUT2D eigenvalue weighted by Gasteiger charge is 2.13. The lowest BCUT2D eigenvalue weighted by molar-refractivity contribution is 0.0699. The Morgan fingerprint density at radius 1 is 1.38 bits per heavy atom. The van der Waals surface area contributed by atoms with Crippen LogP contribution in [0.3, 0.4) is 0 Å². The second kappa shape index (κ2) is 5.30. The predicted octanol–water partition coefficient (Wildman–Crippen LogP) is 2.97. The molecule has 1 fully saturated rings. The van der Waals surface area contributed by atoms with Crippen LogP contribution in [0.2, 0.25) is 0 Å². The van der Waals surface area contributed by atoms with Gasteiger partial charge in [-0.3, -0.25) is 0 Å². The van der Waals surface area contributed by atoms with E-state index in [1.54, 1.807) is 13.0 Å². The third kappa shape index (κ3) is 2.95. The second-order valence-corrected chi connectivity index (χ2v) is 4.40. The predicted molar refractivity (Wildman–Crippen MR) is 63.2 cm³/mol. The molecular weight excluding hydrogens is 205 g/mol. The van der Waals surface area contributed by atoms with Gasteiger partial charge in [-0.1, -0.05) is 6.07 Å². The molecule has 0 aliphatic carbocycles. The van der Waals surface area contributed by atoms with E-state index in [0.717, 1.165) is 38.3 Å². The van der Waals surface area contributed by atoms with Gasteiger partial charge in [-0.2, -0.15) is 0 Å². The SMILES string of the molecule is Cc1ccc(NCC2CCOCC2)cc1F. The summed E-state index contributed by atoms with van der Waals surface area (Å²) in [6.45, 7) is 4.40. The molecule has 88 valence electrons. The molecule has 1 aromatic carbocycles. The van der Waals surface area contributed by atoms with Crippen molar-refractivity contribution in [1.82, 2.24) is 0 Å². The topological polar surface area (TPSA) is 21.3 Å². The zero-order chi connectivity index (χ0) is 11.4. The van der Waals surface area contributed by atoms with Crippen molar-refractivity contribution in [2.45, 2.75) is 19.8 Å². The lowest BCUT2D eigenvalue weighted by Gasteiger charge is -2.22. The van der Waals surface area contributed by atoms with Crippen molar-refractivity contribution in [1.29, 1.82) is 0 Å². The maximum atomic E-state index is 13.3. The fourth-order valence-corrected chi connectivity index (χ4v) is 1.92. The fraction of sp³-hybridized carbons (Fsp3) is 0.538. The van der Waals surface area contributed by atoms with E-state index >= 15 is 0 Å². The van der Waals surface area contributed by atoms with Crippen LogP contribution in [0.1, 0.15) is 18.4 Å². The molecule has 16 heavy (non-hydrogen) atoms. The van der Waals surface area contributed by atoms with Crippen molar-refractivity contribution >= 4 is 5.69 Å². The summed E-state index contributed by atoms with van der Waals surface area (Å²) in [6, 6.07) is 5.30. The summed E-state index contributed by atoms with van der Waals surface area (Å²) in [5.74, 6) is 0.509. The monoisotopic (exact) mass is 223 g/mol. The van der Waals surface area contributed by atoms with Crippen molar-refractivity contribution in [2.75, 3.05) is 25.1 Å². The molecule has 0 bridgehead atoms. The molecule has 2 rings (SSSR count). The van der Waals surface area contributed by atoms with Gasteiger partial charge in [0.2, 0.25) is 0 Å². The normalized spacial score (nSPS) is 17.4. The Hall–Kier alpha value is -1.09. The van der Waals surface area contributed by atoms with Crippen LogP contribution in [0.15, 0.2) is 18.2 Å². The number of hydrogen-bond acceptors (Lipinski definition) is 2. The molecule has 0 aromatic heterocycles. The largest absolute Gasteiger partial charge is 0.385 e. The second-order valence-electron chi connectivity index (χ2n) is 4.40. The molecule has 0 spiro atoms. The van der Waals surface area contributed by atoms with Gasteiger partial charge in [0.15, 0.2) is 0 Å². The summed E-state index contributed by atoms with van der Waals surface area (Å²) < 4.78 is 18.6. The molecule has 2 nitrogen and oxygen atoms in total. The van der Waals surface area contributed by atoms with E-state index in [1.165, 1.54) is 0 Å². The van der Waals surface area contributed by atoms with Gasteiger partial charge < -0.3 is 10.1 Å². The number of nitrogens with one attached hydrogen (secondary N) is 1. The van der Waals surface area contributed by atoms with Gasteiger partial charge in [0.05, 0.1) is 0 Å². The summed E-state index contributed by atoms with van der Waals surface area (Å²) in [5, 5.41) is 3.29. The van der Waals surface area contributed by atoms with E-state index in [4.69, 9.17) is 4.74 Å². The highest BCUT2D eigenvalue weighted by Crippen LogP contribution is 2.17. The molecule has 1 heterocycles. The Morgan fingerprint density at radius 3 is 2.81 bits per heavy atom. The van der Waals surface area contributed by atoms with E-state index in [2.05, 4.69) is 5.32 Å². The third-order valence-electron chi connectivity index (χ3n) is 3.11. The number of benzene rings is 1.